The van der Waals surface area contributed by atoms with Gasteiger partial charge in [-0.1, -0.05) is 0 Å². The maximum Gasteiger partial charge on any atom is 0.141 e. The smallest absolute Gasteiger partial charge is 0.141 e. The van der Waals surface area contributed by atoms with E-state index in [9.17, 15) is 0 Å². The highest BCUT2D eigenvalue weighted by atomic mass is 15.0. The third-order valence-electron chi connectivity index (χ3n) is 2.30. The highest BCUT2D eigenvalue weighted by Crippen LogP contribution is 2.19. The molecule has 0 amide bonds. The van der Waals surface area contributed by atoms with Crippen LogP contribution in [0.4, 0.5) is 0 Å². The molecule has 15 heavy (non-hydrogen) atoms. The monoisotopic (exact) mass is 196 g/mol. The Morgan fingerprint density at radius 2 is 2.20 bits per heavy atom. The van der Waals surface area contributed by atoms with Crippen LogP contribution in [0.1, 0.15) is 18.1 Å². The van der Waals surface area contributed by atoms with Crippen LogP contribution in [-0.2, 0) is 6.54 Å². The maximum atomic E-state index is 8.93. The van der Waals surface area contributed by atoms with E-state index in [0.29, 0.717) is 11.1 Å². The molecule has 0 aromatic carbocycles. The van der Waals surface area contributed by atoms with E-state index < -0.39 is 0 Å². The molecule has 0 radical (unpaired) electrons. The zero-order valence-electron chi connectivity index (χ0n) is 8.23. The van der Waals surface area contributed by atoms with Crippen LogP contribution in [0.5, 0.6) is 0 Å². The van der Waals surface area contributed by atoms with Gasteiger partial charge in [0.2, 0.25) is 0 Å². The van der Waals surface area contributed by atoms with Crippen LogP contribution in [0.25, 0.3) is 11.0 Å². The van der Waals surface area contributed by atoms with Crippen LogP contribution in [0.2, 0.25) is 0 Å². The predicted molar refractivity (Wildman–Crippen MR) is 54.8 cm³/mol. The molecule has 0 bridgehead atoms. The molecular weight excluding hydrogens is 188 g/mol. The molecule has 72 valence electrons. The number of rotatable bonds is 1. The average Bonchev–Trinajstić information content (AvgIpc) is 2.65. The van der Waals surface area contributed by atoms with E-state index in [1.807, 2.05) is 17.6 Å². The fourth-order valence-corrected chi connectivity index (χ4v) is 1.56. The van der Waals surface area contributed by atoms with Crippen molar-refractivity contribution in [1.29, 1.82) is 10.5 Å². The molecule has 2 aromatic heterocycles. The normalized spacial score (nSPS) is 9.80. The highest BCUT2D eigenvalue weighted by Gasteiger charge is 2.08. The Bertz CT molecular complexity index is 595. The molecule has 2 aromatic rings. The lowest BCUT2D eigenvalue weighted by molar-refractivity contribution is 0.787. The molecule has 0 atom stereocenters. The van der Waals surface area contributed by atoms with E-state index in [1.165, 1.54) is 6.20 Å². The summed E-state index contributed by atoms with van der Waals surface area (Å²) in [6.07, 6.45) is 3.29. The van der Waals surface area contributed by atoms with Crippen LogP contribution >= 0.6 is 0 Å². The summed E-state index contributed by atoms with van der Waals surface area (Å²) in [6.45, 7) is 2.75. The molecule has 0 fully saturated rings. The first-order valence-corrected chi connectivity index (χ1v) is 4.59. The van der Waals surface area contributed by atoms with Crippen LogP contribution in [-0.4, -0.2) is 9.55 Å². The summed E-state index contributed by atoms with van der Waals surface area (Å²) in [4.78, 5) is 4.18. The number of nitriles is 2. The summed E-state index contributed by atoms with van der Waals surface area (Å²) in [6, 6.07) is 5.82. The molecule has 0 saturated heterocycles. The number of nitrogens with zero attached hydrogens (tertiary/aromatic N) is 4. The number of fused-ring (bicyclic) bond motifs is 1. The summed E-state index contributed by atoms with van der Waals surface area (Å²) in [5.74, 6) is 0. The number of hydrogen-bond acceptors (Lipinski definition) is 3. The second-order valence-electron chi connectivity index (χ2n) is 3.15. The van der Waals surface area contributed by atoms with Crippen molar-refractivity contribution in [3.63, 3.8) is 0 Å². The molecule has 0 aliphatic heterocycles. The quantitative estimate of drug-likeness (QED) is 0.698. The molecule has 0 N–H and O–H groups in total. The van der Waals surface area contributed by atoms with E-state index in [4.69, 9.17) is 10.5 Å². The zero-order chi connectivity index (χ0) is 10.8. The van der Waals surface area contributed by atoms with Crippen LogP contribution in [0, 0.1) is 22.7 Å². The van der Waals surface area contributed by atoms with Crippen molar-refractivity contribution in [3.05, 3.63) is 29.6 Å². The van der Waals surface area contributed by atoms with E-state index in [0.717, 1.165) is 17.6 Å². The largest absolute Gasteiger partial charge is 0.331 e. The predicted octanol–water partition coefficient (Wildman–Crippen LogP) is 1.80. The highest BCUT2D eigenvalue weighted by molar-refractivity contribution is 5.84. The second kappa shape index (κ2) is 3.43. The first kappa shape index (κ1) is 9.23. The minimum Gasteiger partial charge on any atom is -0.331 e. The van der Waals surface area contributed by atoms with Gasteiger partial charge in [-0.3, -0.25) is 0 Å². The van der Waals surface area contributed by atoms with Gasteiger partial charge in [-0.25, -0.2) is 4.98 Å². The SMILES string of the molecule is CCn1cc(C#N)c2cc(C#N)cnc21. The van der Waals surface area contributed by atoms with E-state index in [2.05, 4.69) is 11.1 Å². The summed E-state index contributed by atoms with van der Waals surface area (Å²) in [5, 5.41) is 18.4. The topological polar surface area (TPSA) is 65.4 Å². The van der Waals surface area contributed by atoms with Gasteiger partial charge in [0.1, 0.15) is 17.8 Å². The van der Waals surface area contributed by atoms with Crippen molar-refractivity contribution in [2.75, 3.05) is 0 Å². The summed E-state index contributed by atoms with van der Waals surface area (Å²) >= 11 is 0. The maximum absolute atomic E-state index is 8.93. The van der Waals surface area contributed by atoms with Gasteiger partial charge in [0, 0.05) is 24.3 Å². The van der Waals surface area contributed by atoms with Gasteiger partial charge in [0.05, 0.1) is 11.1 Å². The number of aromatic nitrogens is 2. The molecular formula is C11H8N4. The third kappa shape index (κ3) is 1.33. The standard InChI is InChI=1S/C11H8N4/c1-2-15-7-9(5-13)10-3-8(4-12)6-14-11(10)15/h3,6-7H,2H2,1H3. The van der Waals surface area contributed by atoms with Gasteiger partial charge in [-0.05, 0) is 13.0 Å². The van der Waals surface area contributed by atoms with Gasteiger partial charge in [-0.2, -0.15) is 10.5 Å². The Hall–Kier alpha value is -2.33. The lowest BCUT2D eigenvalue weighted by atomic mass is 10.2. The Balaban J connectivity index is 2.83. The molecule has 2 rings (SSSR count). The minimum absolute atomic E-state index is 0.479. The van der Waals surface area contributed by atoms with Crippen molar-refractivity contribution in [2.24, 2.45) is 0 Å². The van der Waals surface area contributed by atoms with Crippen molar-refractivity contribution < 1.29 is 0 Å². The third-order valence-corrected chi connectivity index (χ3v) is 2.30. The summed E-state index contributed by atoms with van der Waals surface area (Å²) in [5.41, 5.74) is 1.80. The molecule has 4 nitrogen and oxygen atoms in total. The van der Waals surface area contributed by atoms with Crippen LogP contribution in [0.3, 0.4) is 0 Å². The van der Waals surface area contributed by atoms with Crippen LogP contribution in [0.15, 0.2) is 18.5 Å². The Morgan fingerprint density at radius 3 is 2.80 bits per heavy atom. The number of pyridine rings is 1. The van der Waals surface area contributed by atoms with Gasteiger partial charge >= 0.3 is 0 Å². The fraction of sp³-hybridized carbons (Fsp3) is 0.182. The van der Waals surface area contributed by atoms with E-state index in [-0.39, 0.29) is 0 Å². The second-order valence-corrected chi connectivity index (χ2v) is 3.15. The van der Waals surface area contributed by atoms with Crippen molar-refractivity contribution in [1.82, 2.24) is 9.55 Å². The lowest BCUT2D eigenvalue weighted by Gasteiger charge is -1.97. The molecule has 0 aliphatic rings. The number of aryl methyl sites for hydroxylation is 1. The van der Waals surface area contributed by atoms with Gasteiger partial charge in [0.15, 0.2) is 0 Å². The summed E-state index contributed by atoms with van der Waals surface area (Å²) < 4.78 is 1.90. The molecule has 0 aliphatic carbocycles. The Labute approximate surface area is 87.0 Å². The first-order chi connectivity index (χ1) is 7.30. The number of hydrogen-bond donors (Lipinski definition) is 0. The molecule has 2 heterocycles. The summed E-state index contributed by atoms with van der Waals surface area (Å²) in [7, 11) is 0. The Morgan fingerprint density at radius 1 is 1.40 bits per heavy atom. The molecule has 0 spiro atoms. The zero-order valence-corrected chi connectivity index (χ0v) is 8.23. The Kier molecular flexibility index (Phi) is 2.11. The molecule has 0 saturated carbocycles. The fourth-order valence-electron chi connectivity index (χ4n) is 1.56. The van der Waals surface area contributed by atoms with Crippen LogP contribution < -0.4 is 0 Å². The first-order valence-electron chi connectivity index (χ1n) is 4.59. The van der Waals surface area contributed by atoms with Gasteiger partial charge in [-0.15, -0.1) is 0 Å². The average molecular weight is 196 g/mol. The van der Waals surface area contributed by atoms with Crippen molar-refractivity contribution in [3.8, 4) is 12.1 Å². The van der Waals surface area contributed by atoms with E-state index >= 15 is 0 Å². The lowest BCUT2D eigenvalue weighted by Crippen LogP contribution is -1.92. The van der Waals surface area contributed by atoms with E-state index in [1.54, 1.807) is 12.3 Å². The van der Waals surface area contributed by atoms with Crippen molar-refractivity contribution >= 4 is 11.0 Å². The van der Waals surface area contributed by atoms with Gasteiger partial charge < -0.3 is 4.57 Å². The van der Waals surface area contributed by atoms with Gasteiger partial charge in [0.25, 0.3) is 0 Å². The molecule has 4 heteroatoms. The molecule has 0 unspecified atom stereocenters. The van der Waals surface area contributed by atoms with Crippen molar-refractivity contribution in [2.45, 2.75) is 13.5 Å². The minimum atomic E-state index is 0.479.